The minimum atomic E-state index is -3.67. The van der Waals surface area contributed by atoms with Gasteiger partial charge >= 0.3 is 6.03 Å². The van der Waals surface area contributed by atoms with Crippen LogP contribution in [0.5, 0.6) is 0 Å². The number of hydrogen-bond acceptors (Lipinski definition) is 6. The summed E-state index contributed by atoms with van der Waals surface area (Å²) in [5, 5.41) is 6.94. The standard InChI is InChI=1S/C27H36N4O5S/c28-15-8-7-11-23(14-20-37(34,35)24-12-5-2-6-13-24)29-26(32)25(21-22-9-3-1-4-10-22)30-27(33)31-16-18-36-19-17-31/h1-6,9-10,12-14,20,23,25H,7-8,11,15-19,21,28H2,(H,29,32)(H,30,33). The maximum atomic E-state index is 13.4. The number of nitrogens with two attached hydrogens (primary N) is 1. The van der Waals surface area contributed by atoms with Crippen LogP contribution >= 0.6 is 0 Å². The summed E-state index contributed by atoms with van der Waals surface area (Å²) in [7, 11) is -3.67. The first-order chi connectivity index (χ1) is 17.9. The quantitative estimate of drug-likeness (QED) is 0.362. The Bertz CT molecular complexity index is 1120. The number of carbonyl (C=O) groups is 2. The molecular formula is C27H36N4O5S. The van der Waals surface area contributed by atoms with Gasteiger partial charge in [-0.3, -0.25) is 4.79 Å². The Morgan fingerprint density at radius 1 is 0.973 bits per heavy atom. The molecule has 2 unspecified atom stereocenters. The number of morpholine rings is 1. The molecule has 1 heterocycles. The zero-order valence-electron chi connectivity index (χ0n) is 20.9. The van der Waals surface area contributed by atoms with Gasteiger partial charge in [-0.05, 0) is 43.5 Å². The first-order valence-corrected chi connectivity index (χ1v) is 14.1. The van der Waals surface area contributed by atoms with E-state index in [1.54, 1.807) is 23.1 Å². The van der Waals surface area contributed by atoms with Gasteiger partial charge in [0.2, 0.25) is 5.91 Å². The number of nitrogens with zero attached hydrogens (tertiary/aromatic N) is 1. The van der Waals surface area contributed by atoms with Crippen molar-refractivity contribution >= 4 is 21.8 Å². The Hall–Kier alpha value is -3.21. The fourth-order valence-corrected chi connectivity index (χ4v) is 5.05. The first kappa shape index (κ1) is 28.4. The Morgan fingerprint density at radius 3 is 2.27 bits per heavy atom. The highest BCUT2D eigenvalue weighted by atomic mass is 32.2. The molecule has 0 spiro atoms. The summed E-state index contributed by atoms with van der Waals surface area (Å²) >= 11 is 0. The third-order valence-corrected chi connectivity index (χ3v) is 7.50. The van der Waals surface area contributed by atoms with Crippen molar-refractivity contribution in [1.82, 2.24) is 15.5 Å². The third-order valence-electron chi connectivity index (χ3n) is 6.05. The second kappa shape index (κ2) is 14.5. The van der Waals surface area contributed by atoms with Crippen LogP contribution in [0.25, 0.3) is 0 Å². The van der Waals surface area contributed by atoms with Crippen LogP contribution in [0.4, 0.5) is 4.79 Å². The lowest BCUT2D eigenvalue weighted by atomic mass is 10.0. The van der Waals surface area contributed by atoms with Crippen molar-refractivity contribution in [3.8, 4) is 0 Å². The van der Waals surface area contributed by atoms with Crippen LogP contribution in [0, 0.1) is 0 Å². The molecule has 4 N–H and O–H groups in total. The van der Waals surface area contributed by atoms with E-state index in [1.807, 2.05) is 30.3 Å². The average molecular weight is 529 g/mol. The highest BCUT2D eigenvalue weighted by Gasteiger charge is 2.26. The molecule has 3 rings (SSSR count). The van der Waals surface area contributed by atoms with E-state index in [-0.39, 0.29) is 16.8 Å². The van der Waals surface area contributed by atoms with Gasteiger partial charge in [-0.1, -0.05) is 54.6 Å². The highest BCUT2D eigenvalue weighted by molar-refractivity contribution is 7.94. The fraction of sp³-hybridized carbons (Fsp3) is 0.407. The molecule has 1 saturated heterocycles. The van der Waals surface area contributed by atoms with Crippen molar-refractivity contribution in [2.24, 2.45) is 5.73 Å². The molecule has 0 aliphatic carbocycles. The van der Waals surface area contributed by atoms with Crippen LogP contribution in [0.2, 0.25) is 0 Å². The summed E-state index contributed by atoms with van der Waals surface area (Å²) in [5.74, 6) is -0.384. The van der Waals surface area contributed by atoms with Crippen molar-refractivity contribution in [1.29, 1.82) is 0 Å². The summed E-state index contributed by atoms with van der Waals surface area (Å²) in [6.45, 7) is 2.30. The van der Waals surface area contributed by atoms with Gasteiger partial charge in [0.05, 0.1) is 18.1 Å². The smallest absolute Gasteiger partial charge is 0.318 e. The number of ether oxygens (including phenoxy) is 1. The molecule has 1 fully saturated rings. The number of rotatable bonds is 12. The monoisotopic (exact) mass is 528 g/mol. The van der Waals surface area contributed by atoms with Gasteiger partial charge < -0.3 is 26.0 Å². The van der Waals surface area contributed by atoms with Crippen molar-refractivity contribution in [3.05, 3.63) is 77.7 Å². The molecule has 0 aromatic heterocycles. The minimum Gasteiger partial charge on any atom is -0.378 e. The van der Waals surface area contributed by atoms with Gasteiger partial charge in [0.25, 0.3) is 0 Å². The molecule has 2 aromatic carbocycles. The van der Waals surface area contributed by atoms with Gasteiger partial charge in [-0.2, -0.15) is 0 Å². The normalized spacial score (nSPS) is 15.8. The number of amides is 3. The van der Waals surface area contributed by atoms with E-state index in [2.05, 4.69) is 10.6 Å². The predicted octanol–water partition coefficient (Wildman–Crippen LogP) is 2.24. The summed E-state index contributed by atoms with van der Waals surface area (Å²) in [4.78, 5) is 28.1. The number of urea groups is 1. The van der Waals surface area contributed by atoms with Gasteiger partial charge in [0, 0.05) is 31.0 Å². The SMILES string of the molecule is NCCCCC(C=CS(=O)(=O)c1ccccc1)NC(=O)C(Cc1ccccc1)NC(=O)N1CCOCC1. The van der Waals surface area contributed by atoms with Crippen molar-refractivity contribution in [3.63, 3.8) is 0 Å². The molecule has 1 aliphatic rings. The molecule has 200 valence electrons. The lowest BCUT2D eigenvalue weighted by molar-refractivity contribution is -0.123. The Labute approximate surface area is 219 Å². The molecule has 0 bridgehead atoms. The van der Waals surface area contributed by atoms with Crippen LogP contribution in [0.1, 0.15) is 24.8 Å². The molecule has 1 aliphatic heterocycles. The summed E-state index contributed by atoms with van der Waals surface area (Å²) in [6, 6.07) is 15.8. The fourth-order valence-electron chi connectivity index (χ4n) is 3.96. The van der Waals surface area contributed by atoms with E-state index in [4.69, 9.17) is 10.5 Å². The molecule has 0 radical (unpaired) electrons. The second-order valence-electron chi connectivity index (χ2n) is 8.88. The number of hydrogen-bond donors (Lipinski definition) is 3. The summed E-state index contributed by atoms with van der Waals surface area (Å²) in [6.07, 6.45) is 3.76. The lowest BCUT2D eigenvalue weighted by Crippen LogP contribution is -2.55. The molecular weight excluding hydrogens is 492 g/mol. The van der Waals surface area contributed by atoms with Gasteiger partial charge in [-0.25, -0.2) is 13.2 Å². The maximum absolute atomic E-state index is 13.4. The largest absolute Gasteiger partial charge is 0.378 e. The first-order valence-electron chi connectivity index (χ1n) is 12.5. The topological polar surface area (TPSA) is 131 Å². The van der Waals surface area contributed by atoms with Crippen LogP contribution in [-0.2, 0) is 25.8 Å². The van der Waals surface area contributed by atoms with E-state index in [0.717, 1.165) is 17.4 Å². The van der Waals surface area contributed by atoms with Crippen LogP contribution in [-0.4, -0.2) is 70.2 Å². The molecule has 2 aromatic rings. The van der Waals surface area contributed by atoms with Gasteiger partial charge in [-0.15, -0.1) is 0 Å². The predicted molar refractivity (Wildman–Crippen MR) is 142 cm³/mol. The highest BCUT2D eigenvalue weighted by Crippen LogP contribution is 2.13. The van der Waals surface area contributed by atoms with E-state index in [9.17, 15) is 18.0 Å². The number of carbonyl (C=O) groups excluding carboxylic acids is 2. The molecule has 2 atom stereocenters. The van der Waals surface area contributed by atoms with Gasteiger partial charge in [0.15, 0.2) is 9.84 Å². The third kappa shape index (κ3) is 9.31. The van der Waals surface area contributed by atoms with Gasteiger partial charge in [0.1, 0.15) is 6.04 Å². The summed E-state index contributed by atoms with van der Waals surface area (Å²) in [5.41, 5.74) is 6.53. The van der Waals surface area contributed by atoms with E-state index in [0.29, 0.717) is 52.1 Å². The molecule has 10 heteroatoms. The molecule has 3 amide bonds. The van der Waals surface area contributed by atoms with Crippen molar-refractivity contribution in [2.75, 3.05) is 32.8 Å². The zero-order valence-corrected chi connectivity index (χ0v) is 21.7. The Morgan fingerprint density at radius 2 is 1.62 bits per heavy atom. The van der Waals surface area contributed by atoms with E-state index < -0.39 is 21.9 Å². The lowest BCUT2D eigenvalue weighted by Gasteiger charge is -2.29. The van der Waals surface area contributed by atoms with Crippen LogP contribution < -0.4 is 16.4 Å². The number of sulfone groups is 1. The Balaban J connectivity index is 1.76. The number of nitrogens with one attached hydrogen (secondary N) is 2. The maximum Gasteiger partial charge on any atom is 0.318 e. The van der Waals surface area contributed by atoms with Crippen LogP contribution in [0.3, 0.4) is 0 Å². The Kier molecular flexibility index (Phi) is 11.1. The van der Waals surface area contributed by atoms with Crippen molar-refractivity contribution in [2.45, 2.75) is 42.7 Å². The van der Waals surface area contributed by atoms with E-state index in [1.165, 1.54) is 18.2 Å². The average Bonchev–Trinajstić information content (AvgIpc) is 2.93. The minimum absolute atomic E-state index is 0.179. The number of benzene rings is 2. The molecule has 0 saturated carbocycles. The summed E-state index contributed by atoms with van der Waals surface area (Å²) < 4.78 is 30.8. The molecule has 37 heavy (non-hydrogen) atoms. The number of unbranched alkanes of at least 4 members (excludes halogenated alkanes) is 1. The van der Waals surface area contributed by atoms with E-state index >= 15 is 0 Å². The zero-order chi connectivity index (χ0) is 26.5. The van der Waals surface area contributed by atoms with Crippen LogP contribution in [0.15, 0.2) is 77.0 Å². The van der Waals surface area contributed by atoms with Crippen molar-refractivity contribution < 1.29 is 22.7 Å². The molecule has 9 nitrogen and oxygen atoms in total. The second-order valence-corrected chi connectivity index (χ2v) is 10.7.